The highest BCUT2D eigenvalue weighted by molar-refractivity contribution is 6.50. The van der Waals surface area contributed by atoms with Gasteiger partial charge >= 0.3 is 7.25 Å². The molecular formula is C17H27BF4N2O. The zero-order valence-electron chi connectivity index (χ0n) is 15.9. The van der Waals surface area contributed by atoms with Crippen LogP contribution < -0.4 is 9.80 Å². The maximum Gasteiger partial charge on any atom is 0.673 e. The van der Waals surface area contributed by atoms with Gasteiger partial charge in [-0.25, -0.2) is 0 Å². The predicted octanol–water partition coefficient (Wildman–Crippen LogP) is 4.70. The van der Waals surface area contributed by atoms with E-state index in [1.54, 1.807) is 0 Å². The Labute approximate surface area is 147 Å². The molecule has 0 N–H and O–H groups in total. The molecule has 8 heteroatoms. The maximum atomic E-state index is 9.75. The lowest BCUT2D eigenvalue weighted by atomic mass is 10.1. The number of rotatable bonds is 2. The van der Waals surface area contributed by atoms with Gasteiger partial charge in [-0.2, -0.15) is 0 Å². The van der Waals surface area contributed by atoms with E-state index in [1.165, 1.54) is 22.1 Å². The van der Waals surface area contributed by atoms with Crippen molar-refractivity contribution in [1.29, 1.82) is 0 Å². The van der Waals surface area contributed by atoms with E-state index in [0.29, 0.717) is 0 Å². The van der Waals surface area contributed by atoms with Gasteiger partial charge in [0.2, 0.25) is 0 Å². The van der Waals surface area contributed by atoms with Crippen molar-refractivity contribution in [3.05, 3.63) is 36.4 Å². The first-order valence-corrected chi connectivity index (χ1v) is 7.57. The third-order valence-electron chi connectivity index (χ3n) is 2.82. The Kier molecular flexibility index (Phi) is 9.34. The number of benzene rings is 2. The minimum atomic E-state index is -6.00. The molecule has 142 valence electrons. The molecule has 0 spiro atoms. The number of hydrogen-bond acceptors (Lipinski definition) is 2. The van der Waals surface area contributed by atoms with E-state index in [1.807, 2.05) is 21.3 Å². The predicted molar refractivity (Wildman–Crippen MR) is 102 cm³/mol. The highest BCUT2D eigenvalue weighted by Crippen LogP contribution is 2.33. The number of hydrogen-bond donors (Lipinski definition) is 0. The van der Waals surface area contributed by atoms with Gasteiger partial charge in [0.05, 0.1) is 0 Å². The molecule has 0 radical (unpaired) electrons. The number of halogens is 4. The number of anilines is 2. The first kappa shape index (κ1) is 23.0. The summed E-state index contributed by atoms with van der Waals surface area (Å²) in [6.45, 7) is 0. The molecule has 0 atom stereocenters. The average Bonchev–Trinajstić information content (AvgIpc) is 2.43. The van der Waals surface area contributed by atoms with Crippen LogP contribution in [0.3, 0.4) is 0 Å². The van der Waals surface area contributed by atoms with E-state index < -0.39 is 7.25 Å². The minimum absolute atomic E-state index is 1.27. The molecule has 0 aromatic heterocycles. The van der Waals surface area contributed by atoms with E-state index in [9.17, 15) is 17.3 Å². The van der Waals surface area contributed by atoms with Gasteiger partial charge in [0.15, 0.2) is 0 Å². The average molecular weight is 362 g/mol. The second-order valence-corrected chi connectivity index (χ2v) is 6.16. The molecule has 0 fully saturated rings. The molecule has 2 rings (SSSR count). The quantitative estimate of drug-likeness (QED) is 0.435. The summed E-state index contributed by atoms with van der Waals surface area (Å²) < 4.78 is 41.6. The van der Waals surface area contributed by atoms with Crippen LogP contribution in [0.1, 0.15) is 0 Å². The Morgan fingerprint density at radius 2 is 1.00 bits per heavy atom. The van der Waals surface area contributed by atoms with Crippen LogP contribution in [0.2, 0.25) is 0 Å². The summed E-state index contributed by atoms with van der Waals surface area (Å²) in [5.74, 6) is 0. The molecule has 0 aliphatic rings. The smallest absolute Gasteiger partial charge is 0.429 e. The van der Waals surface area contributed by atoms with E-state index in [0.717, 1.165) is 0 Å². The molecule has 0 bridgehead atoms. The lowest BCUT2D eigenvalue weighted by molar-refractivity contribution is -0.00282. The standard InChI is InChI=1S/C14H18N2.C3H9O.BF4/c1-15(2)12-9-5-7-11-8-6-10-13(14(11)12)16(3)4;1-4(2)3;2-1(3,4)5/h5-10H,1-4H3;1-3H3;/q;+1;-1. The maximum absolute atomic E-state index is 9.75. The fourth-order valence-corrected chi connectivity index (χ4v) is 2.05. The SMILES string of the molecule is CN(C)c1cccc2cccc(N(C)C)c12.C[O+](C)C.F[B-](F)(F)F. The molecule has 0 unspecified atom stereocenters. The van der Waals surface area contributed by atoms with E-state index in [2.05, 4.69) is 78.8 Å². The van der Waals surface area contributed by atoms with Gasteiger partial charge in [-0.15, -0.1) is 0 Å². The molecular weight excluding hydrogens is 335 g/mol. The largest absolute Gasteiger partial charge is 0.673 e. The molecule has 0 saturated carbocycles. The van der Waals surface area contributed by atoms with Crippen LogP contribution in [0, 0.1) is 0 Å². The van der Waals surface area contributed by atoms with Crippen molar-refractivity contribution in [2.45, 2.75) is 0 Å². The first-order valence-electron chi connectivity index (χ1n) is 7.57. The van der Waals surface area contributed by atoms with Gasteiger partial charge in [0.1, 0.15) is 21.3 Å². The molecule has 0 amide bonds. The Hall–Kier alpha value is -1.96. The Morgan fingerprint density at radius 3 is 1.24 bits per heavy atom. The normalized spacial score (nSPS) is 10.6. The van der Waals surface area contributed by atoms with Crippen molar-refractivity contribution in [2.24, 2.45) is 0 Å². The van der Waals surface area contributed by atoms with Gasteiger partial charge in [0.25, 0.3) is 0 Å². The van der Waals surface area contributed by atoms with Crippen molar-refractivity contribution in [1.82, 2.24) is 0 Å². The van der Waals surface area contributed by atoms with Crippen LogP contribution in [-0.4, -0.2) is 56.8 Å². The van der Waals surface area contributed by atoms with Gasteiger partial charge < -0.3 is 31.4 Å². The zero-order valence-corrected chi connectivity index (χ0v) is 15.9. The van der Waals surface area contributed by atoms with Crippen molar-refractivity contribution < 1.29 is 21.6 Å². The summed E-state index contributed by atoms with van der Waals surface area (Å²) in [4.78, 5) is 4.32. The van der Waals surface area contributed by atoms with Crippen LogP contribution in [0.4, 0.5) is 28.6 Å². The molecule has 0 saturated heterocycles. The molecule has 3 nitrogen and oxygen atoms in total. The molecule has 0 aliphatic carbocycles. The molecule has 2 aromatic rings. The second kappa shape index (κ2) is 10.1. The van der Waals surface area contributed by atoms with Gasteiger partial charge in [-0.05, 0) is 17.5 Å². The van der Waals surface area contributed by atoms with E-state index in [-0.39, 0.29) is 0 Å². The van der Waals surface area contributed by atoms with Crippen molar-refractivity contribution in [2.75, 3.05) is 59.3 Å². The summed E-state index contributed by atoms with van der Waals surface area (Å²) in [5, 5.41) is 2.61. The molecule has 0 aliphatic heterocycles. The zero-order chi connectivity index (χ0) is 19.8. The Balaban J connectivity index is 0.000000536. The van der Waals surface area contributed by atoms with Crippen LogP contribution in [-0.2, 0) is 4.37 Å². The van der Waals surface area contributed by atoms with Crippen molar-refractivity contribution >= 4 is 29.4 Å². The highest BCUT2D eigenvalue weighted by Gasteiger charge is 2.20. The van der Waals surface area contributed by atoms with Gasteiger partial charge in [0, 0.05) is 45.0 Å². The molecule has 0 heterocycles. The third-order valence-corrected chi connectivity index (χ3v) is 2.82. The lowest BCUT2D eigenvalue weighted by Gasteiger charge is -2.21. The van der Waals surface area contributed by atoms with Crippen LogP contribution in [0.5, 0.6) is 0 Å². The first-order chi connectivity index (χ1) is 11.3. The lowest BCUT2D eigenvalue weighted by Crippen LogP contribution is -2.13. The fourth-order valence-electron chi connectivity index (χ4n) is 2.05. The van der Waals surface area contributed by atoms with Crippen LogP contribution >= 0.6 is 0 Å². The summed E-state index contributed by atoms with van der Waals surface area (Å²) in [6, 6.07) is 12.9. The van der Waals surface area contributed by atoms with Crippen molar-refractivity contribution in [3.63, 3.8) is 0 Å². The van der Waals surface area contributed by atoms with Crippen molar-refractivity contribution in [3.8, 4) is 0 Å². The van der Waals surface area contributed by atoms with Crippen LogP contribution in [0.25, 0.3) is 10.8 Å². The monoisotopic (exact) mass is 362 g/mol. The topological polar surface area (TPSA) is 9.18 Å². The summed E-state index contributed by atoms with van der Waals surface area (Å²) in [6.07, 6.45) is 0. The summed E-state index contributed by atoms with van der Waals surface area (Å²) in [5.41, 5.74) is 2.53. The van der Waals surface area contributed by atoms with E-state index >= 15 is 0 Å². The third kappa shape index (κ3) is 9.81. The number of nitrogens with zero attached hydrogens (tertiary/aromatic N) is 2. The fraction of sp³-hybridized carbons (Fsp3) is 0.412. The van der Waals surface area contributed by atoms with Gasteiger partial charge in [-0.3, -0.25) is 0 Å². The summed E-state index contributed by atoms with van der Waals surface area (Å²) in [7, 11) is 8.09. The van der Waals surface area contributed by atoms with E-state index in [4.69, 9.17) is 0 Å². The van der Waals surface area contributed by atoms with Gasteiger partial charge in [-0.1, -0.05) is 24.3 Å². The molecule has 2 aromatic carbocycles. The highest BCUT2D eigenvalue weighted by atomic mass is 19.5. The Bertz CT molecular complexity index is 595. The molecule has 25 heavy (non-hydrogen) atoms. The van der Waals surface area contributed by atoms with Crippen LogP contribution in [0.15, 0.2) is 36.4 Å². The number of fused-ring (bicyclic) bond motifs is 1. The second-order valence-electron chi connectivity index (χ2n) is 6.16. The summed E-state index contributed by atoms with van der Waals surface area (Å²) >= 11 is 0. The minimum Gasteiger partial charge on any atom is -0.429 e. The Morgan fingerprint density at radius 1 is 0.720 bits per heavy atom.